The molecule has 3 heterocycles. The van der Waals surface area contributed by atoms with Crippen LogP contribution in [0.3, 0.4) is 0 Å². The van der Waals surface area contributed by atoms with Crippen LogP contribution in [0.5, 0.6) is 5.75 Å². The molecule has 38 heavy (non-hydrogen) atoms. The number of anilines is 4. The van der Waals surface area contributed by atoms with Crippen LogP contribution in [0.2, 0.25) is 0 Å². The van der Waals surface area contributed by atoms with E-state index in [9.17, 15) is 8.78 Å². The molecule has 7 nitrogen and oxygen atoms in total. The molecular weight excluding hydrogens is 493 g/mol. The Balaban J connectivity index is 1.38. The van der Waals surface area contributed by atoms with E-state index in [4.69, 9.17) is 4.74 Å². The average Bonchev–Trinajstić information content (AvgIpc) is 2.89. The van der Waals surface area contributed by atoms with E-state index in [0.717, 1.165) is 32.1 Å². The lowest BCUT2D eigenvalue weighted by Crippen LogP contribution is -2.42. The third-order valence-corrected chi connectivity index (χ3v) is 7.29. The SMILES string of the molecule is CC(C)N1CCOc2c(F)cc(-c3nc(Nc4ccc(N5CCC(N(C)C)CC5)c(F)c4)ncc3F)cc21. The van der Waals surface area contributed by atoms with Gasteiger partial charge in [0.25, 0.3) is 0 Å². The quantitative estimate of drug-likeness (QED) is 0.459. The van der Waals surface area contributed by atoms with Gasteiger partial charge in [-0.05, 0) is 71.1 Å². The summed E-state index contributed by atoms with van der Waals surface area (Å²) in [6.45, 7) is 6.55. The van der Waals surface area contributed by atoms with Gasteiger partial charge in [0.2, 0.25) is 5.95 Å². The molecule has 0 unspecified atom stereocenters. The molecule has 3 aromatic rings. The number of piperidine rings is 1. The monoisotopic (exact) mass is 526 g/mol. The minimum atomic E-state index is -0.689. The fourth-order valence-electron chi connectivity index (χ4n) is 5.20. The summed E-state index contributed by atoms with van der Waals surface area (Å²) < 4.78 is 50.4. The Kier molecular flexibility index (Phi) is 7.34. The lowest BCUT2D eigenvalue weighted by atomic mass is 10.0. The molecule has 1 N–H and O–H groups in total. The number of aromatic nitrogens is 2. The molecule has 0 amide bonds. The van der Waals surface area contributed by atoms with E-state index in [-0.39, 0.29) is 34.8 Å². The number of halogens is 3. The number of nitrogens with one attached hydrogen (secondary N) is 1. The van der Waals surface area contributed by atoms with Gasteiger partial charge >= 0.3 is 0 Å². The minimum absolute atomic E-state index is 0.0562. The number of hydrogen-bond acceptors (Lipinski definition) is 7. The number of fused-ring (bicyclic) bond motifs is 1. The molecule has 10 heteroatoms. The van der Waals surface area contributed by atoms with E-state index < -0.39 is 11.6 Å². The molecule has 1 saturated heterocycles. The van der Waals surface area contributed by atoms with E-state index in [2.05, 4.69) is 39.2 Å². The first kappa shape index (κ1) is 26.1. The normalized spacial score (nSPS) is 16.1. The van der Waals surface area contributed by atoms with Crippen molar-refractivity contribution < 1.29 is 17.9 Å². The van der Waals surface area contributed by atoms with Gasteiger partial charge in [0.05, 0.1) is 24.1 Å². The Hall–Kier alpha value is -3.53. The molecule has 1 aromatic heterocycles. The van der Waals surface area contributed by atoms with Gasteiger partial charge in [0.1, 0.15) is 18.1 Å². The average molecular weight is 527 g/mol. The first-order chi connectivity index (χ1) is 18.2. The number of ether oxygens (including phenoxy) is 1. The van der Waals surface area contributed by atoms with Crippen molar-refractivity contribution in [2.45, 2.75) is 38.8 Å². The maximum atomic E-state index is 15.1. The Morgan fingerprint density at radius 1 is 0.974 bits per heavy atom. The second-order valence-electron chi connectivity index (χ2n) is 10.3. The largest absolute Gasteiger partial charge is 0.486 e. The number of benzene rings is 2. The van der Waals surface area contributed by atoms with Crippen LogP contribution in [-0.2, 0) is 0 Å². The Morgan fingerprint density at radius 2 is 1.74 bits per heavy atom. The summed E-state index contributed by atoms with van der Waals surface area (Å²) >= 11 is 0. The maximum absolute atomic E-state index is 15.1. The van der Waals surface area contributed by atoms with Crippen molar-refractivity contribution in [3.05, 3.63) is 54.0 Å². The number of nitrogens with zero attached hydrogens (tertiary/aromatic N) is 5. The Bertz CT molecular complexity index is 1310. The zero-order chi connectivity index (χ0) is 27.0. The van der Waals surface area contributed by atoms with E-state index in [1.54, 1.807) is 18.2 Å². The summed E-state index contributed by atoms with van der Waals surface area (Å²) in [5.74, 6) is -1.39. The van der Waals surface area contributed by atoms with Crippen LogP contribution in [0, 0.1) is 17.5 Å². The highest BCUT2D eigenvalue weighted by Crippen LogP contribution is 2.39. The van der Waals surface area contributed by atoms with Crippen molar-refractivity contribution >= 4 is 23.0 Å². The molecule has 0 spiro atoms. The third-order valence-electron chi connectivity index (χ3n) is 7.29. The van der Waals surface area contributed by atoms with E-state index in [1.165, 1.54) is 12.1 Å². The molecule has 1 fully saturated rings. The van der Waals surface area contributed by atoms with Gasteiger partial charge in [-0.25, -0.2) is 23.1 Å². The molecule has 0 aliphatic carbocycles. The summed E-state index contributed by atoms with van der Waals surface area (Å²) in [6.07, 6.45) is 2.98. The summed E-state index contributed by atoms with van der Waals surface area (Å²) in [7, 11) is 4.14. The first-order valence-electron chi connectivity index (χ1n) is 12.9. The van der Waals surface area contributed by atoms with Gasteiger partial charge in [-0.15, -0.1) is 0 Å². The van der Waals surface area contributed by atoms with Crippen molar-refractivity contribution in [3.8, 4) is 17.0 Å². The van der Waals surface area contributed by atoms with Crippen molar-refractivity contribution in [2.75, 3.05) is 55.5 Å². The van der Waals surface area contributed by atoms with Crippen LogP contribution in [0.1, 0.15) is 26.7 Å². The predicted molar refractivity (Wildman–Crippen MR) is 144 cm³/mol. The van der Waals surface area contributed by atoms with Gasteiger partial charge < -0.3 is 24.8 Å². The fraction of sp³-hybridized carbons (Fsp3) is 0.429. The minimum Gasteiger partial charge on any atom is -0.486 e. The molecule has 5 rings (SSSR count). The molecular formula is C28H33F3N6O. The van der Waals surface area contributed by atoms with Crippen LogP contribution in [-0.4, -0.2) is 67.3 Å². The van der Waals surface area contributed by atoms with Gasteiger partial charge in [-0.2, -0.15) is 0 Å². The topological polar surface area (TPSA) is 56.8 Å². The van der Waals surface area contributed by atoms with Crippen LogP contribution >= 0.6 is 0 Å². The fourth-order valence-corrected chi connectivity index (χ4v) is 5.20. The van der Waals surface area contributed by atoms with Gasteiger partial charge in [-0.3, -0.25) is 0 Å². The molecule has 2 aliphatic heterocycles. The van der Waals surface area contributed by atoms with Crippen LogP contribution in [0.25, 0.3) is 11.3 Å². The summed E-state index contributed by atoms with van der Waals surface area (Å²) in [4.78, 5) is 14.6. The van der Waals surface area contributed by atoms with E-state index in [1.807, 2.05) is 18.7 Å². The highest BCUT2D eigenvalue weighted by Gasteiger charge is 2.26. The maximum Gasteiger partial charge on any atom is 0.227 e. The predicted octanol–water partition coefficient (Wildman–Crippen LogP) is 5.44. The Labute approximate surface area is 221 Å². The standard InChI is InChI=1S/C28H33F3N6O/c1-17(2)37-11-12-38-27-22(30)13-18(14-25(27)37)26-23(31)16-32-28(34-26)33-19-5-6-24(21(29)15-19)36-9-7-20(8-10-36)35(3)4/h5-6,13-17,20H,7-12H2,1-4H3,(H,32,33,34). The number of hydrogen-bond donors (Lipinski definition) is 1. The second kappa shape index (κ2) is 10.7. The first-order valence-corrected chi connectivity index (χ1v) is 12.9. The molecule has 2 aromatic carbocycles. The lowest BCUT2D eigenvalue weighted by Gasteiger charge is -2.36. The summed E-state index contributed by atoms with van der Waals surface area (Å²) in [5, 5.41) is 2.96. The zero-order valence-electron chi connectivity index (χ0n) is 22.1. The van der Waals surface area contributed by atoms with Crippen LogP contribution < -0.4 is 19.9 Å². The molecule has 0 bridgehead atoms. The van der Waals surface area contributed by atoms with Crippen LogP contribution in [0.4, 0.5) is 36.2 Å². The van der Waals surface area contributed by atoms with E-state index in [0.29, 0.717) is 36.3 Å². The molecule has 0 radical (unpaired) electrons. The third kappa shape index (κ3) is 5.22. The lowest BCUT2D eigenvalue weighted by molar-refractivity contribution is 0.249. The molecule has 0 saturated carbocycles. The van der Waals surface area contributed by atoms with Crippen molar-refractivity contribution in [1.82, 2.24) is 14.9 Å². The molecule has 202 valence electrons. The van der Waals surface area contributed by atoms with Gasteiger partial charge in [-0.1, -0.05) is 0 Å². The highest BCUT2D eigenvalue weighted by molar-refractivity contribution is 5.73. The van der Waals surface area contributed by atoms with Crippen molar-refractivity contribution in [1.29, 1.82) is 0 Å². The Morgan fingerprint density at radius 3 is 2.42 bits per heavy atom. The van der Waals surface area contributed by atoms with Gasteiger partial charge in [0, 0.05) is 36.4 Å². The van der Waals surface area contributed by atoms with E-state index >= 15 is 4.39 Å². The summed E-state index contributed by atoms with van der Waals surface area (Å²) in [6, 6.07) is 8.38. The van der Waals surface area contributed by atoms with Crippen LogP contribution in [0.15, 0.2) is 36.5 Å². The second-order valence-corrected chi connectivity index (χ2v) is 10.3. The highest BCUT2D eigenvalue weighted by atomic mass is 19.1. The summed E-state index contributed by atoms with van der Waals surface area (Å²) in [5.41, 5.74) is 1.75. The van der Waals surface area contributed by atoms with Gasteiger partial charge in [0.15, 0.2) is 17.4 Å². The van der Waals surface area contributed by atoms with Crippen molar-refractivity contribution in [3.63, 3.8) is 0 Å². The molecule has 0 atom stereocenters. The van der Waals surface area contributed by atoms with Crippen molar-refractivity contribution in [2.24, 2.45) is 0 Å². The zero-order valence-corrected chi connectivity index (χ0v) is 22.1. The number of rotatable bonds is 6. The molecule has 2 aliphatic rings. The smallest absolute Gasteiger partial charge is 0.227 e.